The fraction of sp³-hybridized carbons (Fsp3) is 0.375. The van der Waals surface area contributed by atoms with Crippen LogP contribution in [0, 0.1) is 13.8 Å². The van der Waals surface area contributed by atoms with E-state index in [1.54, 1.807) is 12.1 Å². The lowest BCUT2D eigenvalue weighted by atomic mass is 9.78. The predicted molar refractivity (Wildman–Crippen MR) is 159 cm³/mol. The first kappa shape index (κ1) is 29.2. The smallest absolute Gasteiger partial charge is 0.305 e. The summed E-state index contributed by atoms with van der Waals surface area (Å²) in [6.07, 6.45) is 0.216. The number of hydrogen-bond donors (Lipinski definition) is 4. The fourth-order valence-electron chi connectivity index (χ4n) is 5.63. The van der Waals surface area contributed by atoms with Gasteiger partial charge in [-0.2, -0.15) is 0 Å². The number of hydrogen-bond acceptors (Lipinski definition) is 8. The first-order valence-corrected chi connectivity index (χ1v) is 13.9. The van der Waals surface area contributed by atoms with E-state index in [4.69, 9.17) is 19.4 Å². The zero-order valence-corrected chi connectivity index (χ0v) is 24.7. The molecule has 8 bridgehead atoms. The maximum atomic E-state index is 12.1. The number of aryl methyl sites for hydroxylation is 2. The molecule has 0 saturated carbocycles. The van der Waals surface area contributed by atoms with Crippen LogP contribution >= 0.6 is 0 Å². The summed E-state index contributed by atoms with van der Waals surface area (Å²) in [4.78, 5) is 40.7. The molecule has 4 N–H and O–H groups in total. The van der Waals surface area contributed by atoms with E-state index in [-0.39, 0.29) is 36.6 Å². The molecule has 10 heteroatoms. The Morgan fingerprint density at radius 1 is 0.786 bits per heavy atom. The highest BCUT2D eigenvalue weighted by Gasteiger charge is 2.54. The minimum absolute atomic E-state index is 0.136. The van der Waals surface area contributed by atoms with Gasteiger partial charge in [-0.1, -0.05) is 0 Å². The van der Waals surface area contributed by atoms with Gasteiger partial charge in [-0.05, 0) is 99.2 Å². The molecule has 3 aromatic rings. The number of H-pyrrole nitrogens is 2. The van der Waals surface area contributed by atoms with Crippen molar-refractivity contribution in [2.75, 3.05) is 14.2 Å². The number of aromatic amines is 2. The summed E-state index contributed by atoms with van der Waals surface area (Å²) < 4.78 is 9.69. The van der Waals surface area contributed by atoms with E-state index in [9.17, 15) is 19.8 Å². The number of allylic oxidation sites excluding steroid dienone is 2. The first-order valence-electron chi connectivity index (χ1n) is 13.9. The largest absolute Gasteiger partial charge is 0.469 e. The predicted octanol–water partition coefficient (Wildman–Crippen LogP) is 4.86. The molecule has 0 spiro atoms. The Bertz CT molecular complexity index is 1780. The van der Waals surface area contributed by atoms with Crippen LogP contribution in [0.1, 0.15) is 73.4 Å². The van der Waals surface area contributed by atoms with Crippen LogP contribution in [-0.2, 0) is 30.3 Å². The third-order valence-electron chi connectivity index (χ3n) is 8.38. The van der Waals surface area contributed by atoms with E-state index in [0.29, 0.717) is 17.8 Å². The molecule has 2 unspecified atom stereocenters. The Morgan fingerprint density at radius 3 is 2.02 bits per heavy atom. The van der Waals surface area contributed by atoms with Gasteiger partial charge in [0.2, 0.25) is 0 Å². The highest BCUT2D eigenvalue weighted by Crippen LogP contribution is 2.47. The van der Waals surface area contributed by atoms with Crippen molar-refractivity contribution in [3.63, 3.8) is 0 Å². The second kappa shape index (κ2) is 10.8. The zero-order chi connectivity index (χ0) is 30.4. The standard InChI is InChI=1S/C32H36N4O6/c1-17-11-21-14-25-19(3)22(7-8-29(37)41-5)26(35-25)16-28-32(40,10-9-30(38)42-6)31(4,39)27(36-28)15-24-18(2)12-20(34-24)13-23(17)33-21/h11-16,33-34,39-40H,7-10H2,1-6H3. The van der Waals surface area contributed by atoms with Gasteiger partial charge in [-0.25, -0.2) is 4.98 Å². The zero-order valence-electron chi connectivity index (χ0n) is 24.7. The first-order chi connectivity index (χ1) is 19.9. The lowest BCUT2D eigenvalue weighted by Crippen LogP contribution is -2.44. The molecule has 5 rings (SSSR count). The summed E-state index contributed by atoms with van der Waals surface area (Å²) in [5, 5.41) is 23.9. The molecule has 3 aromatic heterocycles. The second-order valence-electron chi connectivity index (χ2n) is 11.2. The molecule has 0 radical (unpaired) electrons. The summed E-state index contributed by atoms with van der Waals surface area (Å²) in [6, 6.07) is 11.4. The maximum Gasteiger partial charge on any atom is 0.305 e. The Hall–Kier alpha value is -4.28. The van der Waals surface area contributed by atoms with Crippen LogP contribution in [0.3, 0.4) is 0 Å². The third kappa shape index (κ3) is 5.12. The summed E-state index contributed by atoms with van der Waals surface area (Å²) in [7, 11) is 2.62. The highest BCUT2D eigenvalue weighted by molar-refractivity contribution is 5.93. The molecule has 0 amide bonds. The number of methoxy groups -OCH3 is 2. The number of ether oxygens (including phenoxy) is 2. The number of aliphatic hydroxyl groups is 2. The lowest BCUT2D eigenvalue weighted by molar-refractivity contribution is -0.160. The monoisotopic (exact) mass is 572 g/mol. The van der Waals surface area contributed by atoms with Crippen LogP contribution in [0.4, 0.5) is 0 Å². The molecule has 2 atom stereocenters. The average Bonchev–Trinajstić information content (AvgIpc) is 3.61. The quantitative estimate of drug-likeness (QED) is 0.306. The molecular formula is C32H36N4O6. The molecule has 42 heavy (non-hydrogen) atoms. The maximum absolute atomic E-state index is 12.1. The van der Waals surface area contributed by atoms with Crippen molar-refractivity contribution in [3.05, 3.63) is 70.3 Å². The van der Waals surface area contributed by atoms with E-state index >= 15 is 0 Å². The van der Waals surface area contributed by atoms with Crippen LogP contribution < -0.4 is 0 Å². The van der Waals surface area contributed by atoms with Gasteiger partial charge in [0.05, 0.1) is 37.0 Å². The number of nitrogens with zero attached hydrogens (tertiary/aromatic N) is 2. The molecule has 5 heterocycles. The number of esters is 2. The third-order valence-corrected chi connectivity index (χ3v) is 8.38. The van der Waals surface area contributed by atoms with Gasteiger partial charge in [0.25, 0.3) is 0 Å². The van der Waals surface area contributed by atoms with Crippen LogP contribution in [0.25, 0.3) is 33.2 Å². The number of nitrogens with one attached hydrogen (secondary N) is 2. The molecular weight excluding hydrogens is 536 g/mol. The molecule has 0 aromatic carbocycles. The Kier molecular flexibility index (Phi) is 7.55. The van der Waals surface area contributed by atoms with Gasteiger partial charge in [-0.3, -0.25) is 14.6 Å². The van der Waals surface area contributed by atoms with Crippen molar-refractivity contribution < 1.29 is 29.3 Å². The number of carbonyl (C=O) groups excluding carboxylic acids is 2. The topological polar surface area (TPSA) is 150 Å². The number of aromatic nitrogens is 4. The van der Waals surface area contributed by atoms with Crippen LogP contribution in [0.15, 0.2) is 36.4 Å². The van der Waals surface area contributed by atoms with Gasteiger partial charge in [0.15, 0.2) is 0 Å². The number of rotatable bonds is 6. The second-order valence-corrected chi connectivity index (χ2v) is 11.2. The SMILES string of the molecule is COC(=O)CCC1=C(C)c2cc3cc(C)c(cc4cc(C)c(cc5nc(cc1n2)C(O)(CCC(=O)OC)C5(C)O)[nH]4)[nH]3. The number of carbonyl (C=O) groups is 2. The van der Waals surface area contributed by atoms with Crippen molar-refractivity contribution in [3.8, 4) is 0 Å². The van der Waals surface area contributed by atoms with Crippen molar-refractivity contribution in [1.29, 1.82) is 0 Å². The van der Waals surface area contributed by atoms with Gasteiger partial charge in [-0.15, -0.1) is 0 Å². The minimum atomic E-state index is -1.93. The summed E-state index contributed by atoms with van der Waals surface area (Å²) >= 11 is 0. The Labute approximate surface area is 243 Å². The van der Waals surface area contributed by atoms with E-state index in [0.717, 1.165) is 44.3 Å². The minimum Gasteiger partial charge on any atom is -0.469 e. The van der Waals surface area contributed by atoms with Crippen molar-refractivity contribution in [2.24, 2.45) is 0 Å². The van der Waals surface area contributed by atoms with Crippen molar-refractivity contribution in [1.82, 2.24) is 19.9 Å². The molecule has 2 aliphatic rings. The number of fused-ring (bicyclic) bond motifs is 8. The van der Waals surface area contributed by atoms with Crippen molar-refractivity contribution in [2.45, 2.75) is 64.6 Å². The van der Waals surface area contributed by atoms with Gasteiger partial charge in [0.1, 0.15) is 11.2 Å². The summed E-state index contributed by atoms with van der Waals surface area (Å²) in [5.41, 5.74) is 4.83. The lowest BCUT2D eigenvalue weighted by Gasteiger charge is -2.35. The average molecular weight is 573 g/mol. The molecule has 2 aliphatic heterocycles. The summed E-state index contributed by atoms with van der Waals surface area (Å²) in [6.45, 7) is 7.40. The van der Waals surface area contributed by atoms with Gasteiger partial charge < -0.3 is 29.7 Å². The summed E-state index contributed by atoms with van der Waals surface area (Å²) in [5.74, 6) is -0.875. The molecule has 0 saturated heterocycles. The van der Waals surface area contributed by atoms with Crippen LogP contribution in [0.5, 0.6) is 0 Å². The molecule has 10 nitrogen and oxygen atoms in total. The Morgan fingerprint density at radius 2 is 1.38 bits per heavy atom. The van der Waals surface area contributed by atoms with E-state index in [1.807, 2.05) is 45.0 Å². The molecule has 0 fully saturated rings. The van der Waals surface area contributed by atoms with E-state index in [1.165, 1.54) is 21.1 Å². The molecule has 0 aliphatic carbocycles. The van der Waals surface area contributed by atoms with Crippen molar-refractivity contribution >= 4 is 45.2 Å². The normalized spacial score (nSPS) is 20.1. The van der Waals surface area contributed by atoms with Crippen LogP contribution in [-0.4, -0.2) is 56.3 Å². The van der Waals surface area contributed by atoms with E-state index in [2.05, 4.69) is 9.97 Å². The van der Waals surface area contributed by atoms with Gasteiger partial charge >= 0.3 is 11.9 Å². The van der Waals surface area contributed by atoms with Crippen LogP contribution in [0.2, 0.25) is 0 Å². The fourth-order valence-corrected chi connectivity index (χ4v) is 5.63. The highest BCUT2D eigenvalue weighted by atomic mass is 16.5. The Balaban J connectivity index is 1.84. The van der Waals surface area contributed by atoms with E-state index < -0.39 is 17.2 Å². The van der Waals surface area contributed by atoms with Gasteiger partial charge in [0, 0.05) is 34.9 Å². The molecule has 220 valence electrons.